The number of hydrogen-bond donors (Lipinski definition) is 1. The summed E-state index contributed by atoms with van der Waals surface area (Å²) in [5.41, 5.74) is 2.02. The van der Waals surface area contributed by atoms with Crippen molar-refractivity contribution in [3.63, 3.8) is 0 Å². The van der Waals surface area contributed by atoms with Gasteiger partial charge in [-0.3, -0.25) is 14.4 Å². The molecule has 236 valence electrons. The lowest BCUT2D eigenvalue weighted by Crippen LogP contribution is -2.35. The smallest absolute Gasteiger partial charge is 0.275 e. The number of anilines is 2. The monoisotopic (exact) mass is 623 g/mol. The Bertz CT molecular complexity index is 1790. The molecule has 0 saturated carbocycles. The number of nitrogens with zero attached hydrogens (tertiary/aromatic N) is 4. The Morgan fingerprint density at radius 3 is 2.33 bits per heavy atom. The number of aromatic nitrogens is 2. The summed E-state index contributed by atoms with van der Waals surface area (Å²) in [5.74, 6) is -3.70. The number of aryl methyl sites for hydroxylation is 1. The fourth-order valence-corrected chi connectivity index (χ4v) is 6.11. The molecule has 10 heteroatoms. The largest absolute Gasteiger partial charge is 0.339 e. The minimum Gasteiger partial charge on any atom is -0.339 e. The fourth-order valence-electron chi connectivity index (χ4n) is 6.11. The minimum absolute atomic E-state index is 0.162. The van der Waals surface area contributed by atoms with Crippen molar-refractivity contribution in [2.45, 2.75) is 45.0 Å². The van der Waals surface area contributed by atoms with Crippen LogP contribution in [0.1, 0.15) is 64.7 Å². The first-order valence-electron chi connectivity index (χ1n) is 15.6. The molecule has 0 aliphatic carbocycles. The van der Waals surface area contributed by atoms with Crippen molar-refractivity contribution in [3.05, 3.63) is 114 Å². The molecule has 1 saturated heterocycles. The summed E-state index contributed by atoms with van der Waals surface area (Å²) in [4.78, 5) is 47.4. The van der Waals surface area contributed by atoms with Gasteiger partial charge in [-0.25, -0.2) is 13.8 Å². The second-order valence-electron chi connectivity index (χ2n) is 11.5. The van der Waals surface area contributed by atoms with Crippen LogP contribution in [0.5, 0.6) is 0 Å². The van der Waals surface area contributed by atoms with Gasteiger partial charge in [-0.15, -0.1) is 0 Å². The molecule has 4 aromatic rings. The molecular formula is C36H35F2N5O3. The lowest BCUT2D eigenvalue weighted by atomic mass is 9.96. The molecule has 3 heterocycles. The highest BCUT2D eigenvalue weighted by molar-refractivity contribution is 6.10. The molecule has 2 aliphatic heterocycles. The van der Waals surface area contributed by atoms with E-state index in [0.717, 1.165) is 31.2 Å². The molecule has 0 bridgehead atoms. The molecule has 1 N–H and O–H groups in total. The number of para-hydroxylation sites is 2. The van der Waals surface area contributed by atoms with Crippen LogP contribution >= 0.6 is 0 Å². The maximum absolute atomic E-state index is 15.6. The first-order chi connectivity index (χ1) is 22.3. The molecule has 2 aliphatic rings. The van der Waals surface area contributed by atoms with Crippen LogP contribution in [0.2, 0.25) is 0 Å². The van der Waals surface area contributed by atoms with E-state index in [2.05, 4.69) is 10.3 Å². The van der Waals surface area contributed by atoms with E-state index in [4.69, 9.17) is 0 Å². The number of allylic oxidation sites excluding steroid dienone is 1. The van der Waals surface area contributed by atoms with E-state index in [9.17, 15) is 14.4 Å². The normalized spacial score (nSPS) is 16.9. The fraction of sp³-hybridized carbons (Fsp3) is 0.278. The predicted octanol–water partition coefficient (Wildman–Crippen LogP) is 6.77. The van der Waals surface area contributed by atoms with E-state index < -0.39 is 24.2 Å². The van der Waals surface area contributed by atoms with Gasteiger partial charge in [-0.1, -0.05) is 37.3 Å². The molecule has 0 radical (unpaired) electrons. The summed E-state index contributed by atoms with van der Waals surface area (Å²) in [7, 11) is 0. The molecule has 0 atom stereocenters. The zero-order valence-electron chi connectivity index (χ0n) is 25.6. The molecule has 46 heavy (non-hydrogen) atoms. The average Bonchev–Trinajstić information content (AvgIpc) is 3.53. The third kappa shape index (κ3) is 6.20. The molecule has 1 fully saturated rings. The number of benzene rings is 3. The number of fused-ring (bicyclic) bond motifs is 1. The van der Waals surface area contributed by atoms with E-state index in [1.54, 1.807) is 65.7 Å². The van der Waals surface area contributed by atoms with Crippen LogP contribution in [-0.2, 0) is 11.2 Å². The van der Waals surface area contributed by atoms with E-state index in [0.29, 0.717) is 42.1 Å². The number of amides is 3. The molecule has 3 amide bonds. The number of imidazole rings is 1. The topological polar surface area (TPSA) is 87.5 Å². The number of hydrogen-bond acceptors (Lipinski definition) is 4. The highest BCUT2D eigenvalue weighted by Crippen LogP contribution is 2.43. The SMILES string of the molecule is CCc1nccn1-c1ccccc1C(=O)Nc1ccc(C(=O)N2CCC(F)(F)/C(=C\C(=O)N3CCCCC3)c3ccccc32)cc1. The number of carbonyl (C=O) groups excluding carboxylic acids is 3. The van der Waals surface area contributed by atoms with Gasteiger partial charge >= 0.3 is 0 Å². The third-order valence-electron chi connectivity index (χ3n) is 8.54. The quantitative estimate of drug-likeness (QED) is 0.240. The predicted molar refractivity (Wildman–Crippen MR) is 173 cm³/mol. The first kappa shape index (κ1) is 30.9. The Kier molecular flexibility index (Phi) is 8.78. The summed E-state index contributed by atoms with van der Waals surface area (Å²) in [6.07, 6.45) is 7.36. The van der Waals surface area contributed by atoms with Crippen molar-refractivity contribution < 1.29 is 23.2 Å². The molecular weight excluding hydrogens is 588 g/mol. The molecule has 3 aromatic carbocycles. The number of halogens is 2. The Labute approximate surface area is 266 Å². The lowest BCUT2D eigenvalue weighted by Gasteiger charge is -2.26. The highest BCUT2D eigenvalue weighted by atomic mass is 19.3. The van der Waals surface area contributed by atoms with Crippen molar-refractivity contribution in [3.8, 4) is 5.69 Å². The maximum Gasteiger partial charge on any atom is 0.275 e. The van der Waals surface area contributed by atoms with Crippen molar-refractivity contribution in [1.29, 1.82) is 0 Å². The van der Waals surface area contributed by atoms with E-state index in [-0.39, 0.29) is 29.2 Å². The summed E-state index contributed by atoms with van der Waals surface area (Å²) in [5, 5.41) is 2.89. The number of carbonyl (C=O) groups is 3. The lowest BCUT2D eigenvalue weighted by molar-refractivity contribution is -0.126. The zero-order valence-corrected chi connectivity index (χ0v) is 25.6. The van der Waals surface area contributed by atoms with Gasteiger partial charge in [-0.2, -0.15) is 0 Å². The van der Waals surface area contributed by atoms with Crippen LogP contribution in [0.25, 0.3) is 11.3 Å². The Morgan fingerprint density at radius 1 is 0.891 bits per heavy atom. The summed E-state index contributed by atoms with van der Waals surface area (Å²) in [6, 6.07) is 20.1. The molecule has 0 spiro atoms. The highest BCUT2D eigenvalue weighted by Gasteiger charge is 2.41. The summed E-state index contributed by atoms with van der Waals surface area (Å²) < 4.78 is 33.1. The van der Waals surface area contributed by atoms with Gasteiger partial charge in [0.15, 0.2) is 0 Å². The van der Waals surface area contributed by atoms with Crippen LogP contribution in [0, 0.1) is 0 Å². The van der Waals surface area contributed by atoms with Crippen LogP contribution < -0.4 is 10.2 Å². The summed E-state index contributed by atoms with van der Waals surface area (Å²) >= 11 is 0. The molecule has 1 aromatic heterocycles. The minimum atomic E-state index is -3.31. The van der Waals surface area contributed by atoms with E-state index in [1.165, 1.54) is 11.0 Å². The molecule has 0 unspecified atom stereocenters. The second kappa shape index (κ2) is 13.1. The van der Waals surface area contributed by atoms with Crippen molar-refractivity contribution in [2.75, 3.05) is 29.9 Å². The van der Waals surface area contributed by atoms with Gasteiger partial charge in [0.2, 0.25) is 5.91 Å². The van der Waals surface area contributed by atoms with Crippen LogP contribution in [0.3, 0.4) is 0 Å². The Hall–Kier alpha value is -5.12. The van der Waals surface area contributed by atoms with E-state index >= 15 is 8.78 Å². The van der Waals surface area contributed by atoms with Gasteiger partial charge in [-0.05, 0) is 61.7 Å². The maximum atomic E-state index is 15.6. The van der Waals surface area contributed by atoms with Gasteiger partial charge in [0.05, 0.1) is 16.9 Å². The Morgan fingerprint density at radius 2 is 1.59 bits per heavy atom. The Balaban J connectivity index is 1.23. The van der Waals surface area contributed by atoms with Gasteiger partial charge in [0.25, 0.3) is 17.7 Å². The number of alkyl halides is 2. The standard InChI is InChI=1S/C36H35F2N5O3/c1-2-32-39-19-23-42(32)31-13-7-5-11-28(31)34(45)40-26-16-14-25(15-17-26)35(46)43-22-18-36(37,38)29(27-10-4-6-12-30(27)43)24-33(44)41-20-8-3-9-21-41/h4-7,10-17,19,23-24H,2-3,8-9,18,20-22H2,1H3,(H,40,45)/b29-24-. The summed E-state index contributed by atoms with van der Waals surface area (Å²) in [6.45, 7) is 2.86. The van der Waals surface area contributed by atoms with Crippen LogP contribution in [-0.4, -0.2) is 57.7 Å². The van der Waals surface area contributed by atoms with Crippen LogP contribution in [0.15, 0.2) is 91.3 Å². The molecule has 6 rings (SSSR count). The second-order valence-corrected chi connectivity index (χ2v) is 11.5. The number of likely N-dealkylation sites (tertiary alicyclic amines) is 1. The zero-order chi connectivity index (χ0) is 32.3. The van der Waals surface area contributed by atoms with Crippen molar-refractivity contribution >= 4 is 34.7 Å². The number of nitrogens with one attached hydrogen (secondary N) is 1. The van der Waals surface area contributed by atoms with Gasteiger partial charge in [0.1, 0.15) is 5.82 Å². The third-order valence-corrected chi connectivity index (χ3v) is 8.54. The van der Waals surface area contributed by atoms with E-state index in [1.807, 2.05) is 29.8 Å². The van der Waals surface area contributed by atoms with Crippen molar-refractivity contribution in [2.24, 2.45) is 0 Å². The number of piperidine rings is 1. The van der Waals surface area contributed by atoms with Gasteiger partial charge < -0.3 is 19.7 Å². The average molecular weight is 624 g/mol. The van der Waals surface area contributed by atoms with Crippen LogP contribution in [0.4, 0.5) is 20.2 Å². The first-order valence-corrected chi connectivity index (χ1v) is 15.6. The number of rotatable bonds is 6. The molecule has 8 nitrogen and oxygen atoms in total. The van der Waals surface area contributed by atoms with Gasteiger partial charge in [0, 0.05) is 73.3 Å². The van der Waals surface area contributed by atoms with Crippen molar-refractivity contribution in [1.82, 2.24) is 14.5 Å².